The Morgan fingerprint density at radius 3 is 2.34 bits per heavy atom. The molecule has 2 aliphatic carbocycles. The van der Waals surface area contributed by atoms with E-state index in [2.05, 4.69) is 9.71 Å². The van der Waals surface area contributed by atoms with E-state index in [1.807, 2.05) is 39.0 Å². The highest BCUT2D eigenvalue weighted by Gasteiger charge is 2.63. The molecule has 9 heteroatoms. The van der Waals surface area contributed by atoms with Crippen molar-refractivity contribution in [2.45, 2.75) is 75.4 Å². The number of rotatable bonds is 5. The van der Waals surface area contributed by atoms with Crippen LogP contribution in [0.4, 0.5) is 13.2 Å². The Balaban J connectivity index is 2.01. The van der Waals surface area contributed by atoms with Crippen molar-refractivity contribution in [1.29, 1.82) is 0 Å². The maximum atomic E-state index is 13.8. The Bertz CT molecular complexity index is 1060. The Morgan fingerprint density at radius 2 is 1.77 bits per heavy atom. The SMILES string of the molecule is COc1ccc2c(c1)C(N[S+]([O-])C(C)(C)C)(c1cccc(C(F)(F)F)n1)C1(CCC(OC)CC1)C2. The van der Waals surface area contributed by atoms with Crippen molar-refractivity contribution in [3.8, 4) is 5.75 Å². The van der Waals surface area contributed by atoms with Gasteiger partial charge in [-0.2, -0.15) is 13.2 Å². The van der Waals surface area contributed by atoms with Crippen LogP contribution >= 0.6 is 0 Å². The van der Waals surface area contributed by atoms with Gasteiger partial charge in [-0.15, -0.1) is 4.72 Å². The summed E-state index contributed by atoms with van der Waals surface area (Å²) in [7, 11) is 3.24. The largest absolute Gasteiger partial charge is 0.598 e. The van der Waals surface area contributed by atoms with Crippen LogP contribution in [-0.2, 0) is 34.2 Å². The third kappa shape index (κ3) is 4.56. The first-order valence-electron chi connectivity index (χ1n) is 11.8. The lowest BCUT2D eigenvalue weighted by Crippen LogP contribution is -2.60. The predicted molar refractivity (Wildman–Crippen MR) is 129 cm³/mol. The van der Waals surface area contributed by atoms with E-state index < -0.39 is 38.9 Å². The van der Waals surface area contributed by atoms with Crippen molar-refractivity contribution >= 4 is 11.4 Å². The molecule has 0 radical (unpaired) electrons. The lowest BCUT2D eigenvalue weighted by Gasteiger charge is -2.50. The molecule has 2 unspecified atom stereocenters. The number of methoxy groups -OCH3 is 2. The molecule has 1 spiro atoms. The summed E-state index contributed by atoms with van der Waals surface area (Å²) in [6, 6.07) is 9.69. The van der Waals surface area contributed by atoms with E-state index >= 15 is 0 Å². The number of aromatic nitrogens is 1. The molecule has 0 saturated heterocycles. The third-order valence-electron chi connectivity index (χ3n) is 7.49. The average molecular weight is 511 g/mol. The number of fused-ring (bicyclic) bond motifs is 1. The molecule has 0 bridgehead atoms. The molecule has 5 nitrogen and oxygen atoms in total. The molecular weight excluding hydrogens is 477 g/mol. The van der Waals surface area contributed by atoms with Gasteiger partial charge in [0.25, 0.3) is 0 Å². The zero-order chi connectivity index (χ0) is 25.6. The van der Waals surface area contributed by atoms with Crippen molar-refractivity contribution in [2.75, 3.05) is 14.2 Å². The molecule has 192 valence electrons. The Hall–Kier alpha value is -1.81. The quantitative estimate of drug-likeness (QED) is 0.536. The molecular formula is C26H33F3N2O3S. The molecule has 1 N–H and O–H groups in total. The second kappa shape index (κ2) is 9.25. The number of hydrogen-bond donors (Lipinski definition) is 1. The van der Waals surface area contributed by atoms with E-state index in [1.165, 1.54) is 6.07 Å². The van der Waals surface area contributed by atoms with Gasteiger partial charge in [0.05, 0.1) is 18.9 Å². The summed E-state index contributed by atoms with van der Waals surface area (Å²) in [5.74, 6) is 0.589. The van der Waals surface area contributed by atoms with Crippen LogP contribution in [0.2, 0.25) is 0 Å². The van der Waals surface area contributed by atoms with Crippen LogP contribution < -0.4 is 9.46 Å². The summed E-state index contributed by atoms with van der Waals surface area (Å²) >= 11 is -1.59. The number of halogens is 3. The number of hydrogen-bond acceptors (Lipinski definition) is 5. The summed E-state index contributed by atoms with van der Waals surface area (Å²) < 4.78 is 68.9. The van der Waals surface area contributed by atoms with E-state index in [0.717, 1.165) is 30.0 Å². The standard InChI is InChI=1S/C26H33F3N2O3S/c1-23(2,3)35(32)31-25(21-7-6-8-22(30-21)26(27,28)29)20-15-19(34-5)10-9-17(20)16-24(25)13-11-18(33-4)12-14-24/h6-10,15,18,31H,11-14,16H2,1-5H3. The van der Waals surface area contributed by atoms with E-state index in [0.29, 0.717) is 25.0 Å². The van der Waals surface area contributed by atoms with Gasteiger partial charge < -0.3 is 14.0 Å². The summed E-state index contributed by atoms with van der Waals surface area (Å²) in [6.07, 6.45) is -0.993. The van der Waals surface area contributed by atoms with E-state index in [1.54, 1.807) is 20.3 Å². The smallest absolute Gasteiger partial charge is 0.433 e. The zero-order valence-electron chi connectivity index (χ0n) is 20.8. The van der Waals surface area contributed by atoms with Crippen LogP contribution in [0, 0.1) is 5.41 Å². The summed E-state index contributed by atoms with van der Waals surface area (Å²) in [5.41, 5.74) is -0.692. The van der Waals surface area contributed by atoms with Crippen LogP contribution in [0.5, 0.6) is 5.75 Å². The van der Waals surface area contributed by atoms with Gasteiger partial charge in [-0.3, -0.25) is 0 Å². The maximum absolute atomic E-state index is 13.8. The van der Waals surface area contributed by atoms with E-state index in [4.69, 9.17) is 9.47 Å². The van der Waals surface area contributed by atoms with Gasteiger partial charge in [0.2, 0.25) is 0 Å². The Labute approximate surface area is 208 Å². The topological polar surface area (TPSA) is 66.4 Å². The Morgan fingerprint density at radius 1 is 1.09 bits per heavy atom. The molecule has 0 aliphatic heterocycles. The molecule has 2 aliphatic rings. The van der Waals surface area contributed by atoms with Crippen LogP contribution in [0.25, 0.3) is 0 Å². The number of nitrogens with zero attached hydrogens (tertiary/aromatic N) is 1. The molecule has 4 rings (SSSR count). The molecule has 2 aromatic rings. The van der Waals surface area contributed by atoms with Gasteiger partial charge in [-0.1, -0.05) is 12.1 Å². The summed E-state index contributed by atoms with van der Waals surface area (Å²) in [6.45, 7) is 5.54. The second-order valence-corrected chi connectivity index (χ2v) is 12.5. The van der Waals surface area contributed by atoms with Crippen LogP contribution in [0.3, 0.4) is 0 Å². The molecule has 1 aromatic carbocycles. The van der Waals surface area contributed by atoms with Gasteiger partial charge in [0, 0.05) is 23.9 Å². The Kier molecular flexibility index (Phi) is 6.94. The van der Waals surface area contributed by atoms with Crippen LogP contribution in [0.15, 0.2) is 36.4 Å². The van der Waals surface area contributed by atoms with Gasteiger partial charge >= 0.3 is 6.18 Å². The fourth-order valence-electron chi connectivity index (χ4n) is 5.62. The first kappa shape index (κ1) is 26.3. The molecule has 1 heterocycles. The molecule has 1 saturated carbocycles. The molecule has 0 amide bonds. The second-order valence-electron chi connectivity index (χ2n) is 10.6. The minimum Gasteiger partial charge on any atom is -0.598 e. The minimum absolute atomic E-state index is 0.0826. The first-order valence-corrected chi connectivity index (χ1v) is 13.0. The van der Waals surface area contributed by atoms with Crippen molar-refractivity contribution in [3.63, 3.8) is 0 Å². The normalized spacial score (nSPS) is 27.6. The number of alkyl halides is 3. The molecule has 1 aromatic heterocycles. The zero-order valence-corrected chi connectivity index (χ0v) is 21.6. The lowest BCUT2D eigenvalue weighted by atomic mass is 9.60. The molecule has 35 heavy (non-hydrogen) atoms. The highest BCUT2D eigenvalue weighted by molar-refractivity contribution is 7.90. The van der Waals surface area contributed by atoms with Gasteiger partial charge in [-0.05, 0) is 88.3 Å². The van der Waals surface area contributed by atoms with Gasteiger partial charge in [0.15, 0.2) is 0 Å². The fraction of sp³-hybridized carbons (Fsp3) is 0.577. The predicted octanol–water partition coefficient (Wildman–Crippen LogP) is 5.54. The fourth-order valence-corrected chi connectivity index (χ4v) is 6.63. The number of benzene rings is 1. The third-order valence-corrected chi connectivity index (χ3v) is 9.10. The minimum atomic E-state index is -4.60. The van der Waals surface area contributed by atoms with Gasteiger partial charge in [0.1, 0.15) is 21.7 Å². The van der Waals surface area contributed by atoms with Gasteiger partial charge in [-0.25, -0.2) is 4.98 Å². The number of ether oxygens (including phenoxy) is 2. The number of pyridine rings is 1. The summed E-state index contributed by atoms with van der Waals surface area (Å²) in [4.78, 5) is 4.18. The maximum Gasteiger partial charge on any atom is 0.433 e. The van der Waals surface area contributed by atoms with Crippen LogP contribution in [0.1, 0.15) is 69.0 Å². The highest BCUT2D eigenvalue weighted by atomic mass is 32.2. The van der Waals surface area contributed by atoms with E-state index in [9.17, 15) is 17.7 Å². The van der Waals surface area contributed by atoms with Crippen molar-refractivity contribution in [2.24, 2.45) is 5.41 Å². The van der Waals surface area contributed by atoms with Crippen molar-refractivity contribution in [3.05, 3.63) is 58.9 Å². The van der Waals surface area contributed by atoms with Crippen molar-refractivity contribution < 1.29 is 27.2 Å². The highest BCUT2D eigenvalue weighted by Crippen LogP contribution is 2.61. The average Bonchev–Trinajstić information content (AvgIpc) is 3.07. The van der Waals surface area contributed by atoms with E-state index in [-0.39, 0.29) is 11.8 Å². The monoisotopic (exact) mass is 510 g/mol. The lowest BCUT2D eigenvalue weighted by molar-refractivity contribution is -0.141. The van der Waals surface area contributed by atoms with Crippen LogP contribution in [-0.4, -0.2) is 34.6 Å². The number of nitrogens with one attached hydrogen (secondary N) is 1. The molecule has 1 fully saturated rings. The van der Waals surface area contributed by atoms with Crippen molar-refractivity contribution in [1.82, 2.24) is 9.71 Å². The molecule has 2 atom stereocenters. The summed E-state index contributed by atoms with van der Waals surface area (Å²) in [5, 5.41) is 0. The first-order chi connectivity index (χ1) is 16.4.